The van der Waals surface area contributed by atoms with E-state index in [0.29, 0.717) is 12.2 Å². The number of hydrogen-bond donors (Lipinski definition) is 1. The molecule has 2 amide bonds. The van der Waals surface area contributed by atoms with Gasteiger partial charge in [0.25, 0.3) is 11.8 Å². The molecule has 1 unspecified atom stereocenters. The maximum absolute atomic E-state index is 12.5. The number of nitrogens with zero attached hydrogens (tertiary/aromatic N) is 1. The molecule has 156 valence electrons. The Balaban J connectivity index is 2.04. The summed E-state index contributed by atoms with van der Waals surface area (Å²) in [6, 6.07) is 13.1. The third kappa shape index (κ3) is 6.24. The van der Waals surface area contributed by atoms with Crippen LogP contribution >= 0.6 is 0 Å². The number of para-hydroxylation sites is 2. The van der Waals surface area contributed by atoms with Gasteiger partial charge in [0.1, 0.15) is 11.5 Å². The van der Waals surface area contributed by atoms with Gasteiger partial charge in [-0.1, -0.05) is 43.3 Å². The second-order valence-electron chi connectivity index (χ2n) is 7.15. The van der Waals surface area contributed by atoms with Gasteiger partial charge in [-0.3, -0.25) is 9.59 Å². The van der Waals surface area contributed by atoms with Crippen LogP contribution in [-0.2, 0) is 9.59 Å². The number of rotatable bonds is 9. The van der Waals surface area contributed by atoms with E-state index in [1.165, 1.54) is 4.90 Å². The molecule has 2 rings (SSSR count). The zero-order chi connectivity index (χ0) is 21.4. The van der Waals surface area contributed by atoms with Crippen LogP contribution in [0.3, 0.4) is 0 Å². The van der Waals surface area contributed by atoms with E-state index in [-0.39, 0.29) is 31.1 Å². The summed E-state index contributed by atoms with van der Waals surface area (Å²) >= 11 is 0. The number of carbonyl (C=O) groups excluding carboxylic acids is 2. The molecule has 0 aliphatic heterocycles. The van der Waals surface area contributed by atoms with Crippen LogP contribution in [0.15, 0.2) is 42.5 Å². The van der Waals surface area contributed by atoms with Crippen molar-refractivity contribution in [3.63, 3.8) is 0 Å². The van der Waals surface area contributed by atoms with Gasteiger partial charge in [0.05, 0.1) is 6.04 Å². The number of likely N-dealkylation sites (N-methyl/N-ethyl adjacent to an activating group) is 1. The van der Waals surface area contributed by atoms with E-state index in [2.05, 4.69) is 5.32 Å². The van der Waals surface area contributed by atoms with E-state index in [4.69, 9.17) is 9.47 Å². The van der Waals surface area contributed by atoms with Gasteiger partial charge in [-0.2, -0.15) is 0 Å². The first-order valence-corrected chi connectivity index (χ1v) is 9.73. The van der Waals surface area contributed by atoms with Crippen LogP contribution in [0.5, 0.6) is 11.5 Å². The smallest absolute Gasteiger partial charge is 0.259 e. The lowest BCUT2D eigenvalue weighted by Gasteiger charge is -2.21. The molecule has 2 aromatic rings. The minimum Gasteiger partial charge on any atom is -0.483 e. The van der Waals surface area contributed by atoms with Gasteiger partial charge in [0, 0.05) is 19.7 Å². The standard InChI is InChI=1S/C23H30N2O4/c1-6-19(18-12-7-8-13-20(18)28-15-22(27)25(4)5)24-21(26)14-29-23-16(2)10-9-11-17(23)3/h7-13,19H,6,14-15H2,1-5H3,(H,24,26). The molecule has 6 heteroatoms. The van der Waals surface area contributed by atoms with Crippen LogP contribution in [0.1, 0.15) is 36.1 Å². The minimum atomic E-state index is -0.241. The summed E-state index contributed by atoms with van der Waals surface area (Å²) < 4.78 is 11.5. The number of aryl methyl sites for hydroxylation is 2. The number of nitrogens with one attached hydrogen (secondary N) is 1. The molecule has 29 heavy (non-hydrogen) atoms. The van der Waals surface area contributed by atoms with Crippen molar-refractivity contribution in [2.24, 2.45) is 0 Å². The average molecular weight is 399 g/mol. The molecule has 0 radical (unpaired) electrons. The van der Waals surface area contributed by atoms with Crippen LogP contribution in [0, 0.1) is 13.8 Å². The molecular weight excluding hydrogens is 368 g/mol. The topological polar surface area (TPSA) is 67.9 Å². The first-order chi connectivity index (χ1) is 13.8. The minimum absolute atomic E-state index is 0.0515. The lowest BCUT2D eigenvalue weighted by molar-refractivity contribution is -0.130. The van der Waals surface area contributed by atoms with Crippen molar-refractivity contribution in [3.8, 4) is 11.5 Å². The monoisotopic (exact) mass is 398 g/mol. The Bertz CT molecular complexity index is 828. The van der Waals surface area contributed by atoms with E-state index in [1.54, 1.807) is 20.2 Å². The highest BCUT2D eigenvalue weighted by atomic mass is 16.5. The third-order valence-corrected chi connectivity index (χ3v) is 4.64. The molecule has 6 nitrogen and oxygen atoms in total. The predicted octanol–water partition coefficient (Wildman–Crippen LogP) is 3.42. The average Bonchev–Trinajstić information content (AvgIpc) is 2.70. The Labute approximate surface area is 172 Å². The van der Waals surface area contributed by atoms with Gasteiger partial charge in [-0.05, 0) is 37.5 Å². The largest absolute Gasteiger partial charge is 0.483 e. The van der Waals surface area contributed by atoms with Crippen molar-refractivity contribution >= 4 is 11.8 Å². The quantitative estimate of drug-likeness (QED) is 0.703. The predicted molar refractivity (Wildman–Crippen MR) is 113 cm³/mol. The van der Waals surface area contributed by atoms with Gasteiger partial charge < -0.3 is 19.7 Å². The molecule has 0 aliphatic rings. The Morgan fingerprint density at radius 2 is 1.62 bits per heavy atom. The Kier molecular flexibility index (Phi) is 8.07. The molecule has 0 aliphatic carbocycles. The maximum Gasteiger partial charge on any atom is 0.259 e. The fourth-order valence-corrected chi connectivity index (χ4v) is 2.97. The van der Waals surface area contributed by atoms with E-state index in [0.717, 1.165) is 22.4 Å². The van der Waals surface area contributed by atoms with Gasteiger partial charge in [-0.25, -0.2) is 0 Å². The molecule has 0 saturated heterocycles. The number of carbonyl (C=O) groups is 2. The van der Waals surface area contributed by atoms with Crippen molar-refractivity contribution < 1.29 is 19.1 Å². The van der Waals surface area contributed by atoms with E-state index < -0.39 is 0 Å². The molecule has 0 heterocycles. The second-order valence-corrected chi connectivity index (χ2v) is 7.15. The summed E-state index contributed by atoms with van der Waals surface area (Å²) in [6.07, 6.45) is 0.678. The number of amides is 2. The lowest BCUT2D eigenvalue weighted by Crippen LogP contribution is -2.33. The fraction of sp³-hybridized carbons (Fsp3) is 0.391. The number of benzene rings is 2. The SMILES string of the molecule is CCC(NC(=O)COc1c(C)cccc1C)c1ccccc1OCC(=O)N(C)C. The second kappa shape index (κ2) is 10.5. The van der Waals surface area contributed by atoms with E-state index >= 15 is 0 Å². The zero-order valence-corrected chi connectivity index (χ0v) is 17.8. The van der Waals surface area contributed by atoms with Crippen molar-refractivity contribution in [3.05, 3.63) is 59.2 Å². The van der Waals surface area contributed by atoms with Gasteiger partial charge in [-0.15, -0.1) is 0 Å². The van der Waals surface area contributed by atoms with Crippen molar-refractivity contribution in [2.45, 2.75) is 33.2 Å². The highest BCUT2D eigenvalue weighted by molar-refractivity contribution is 5.78. The highest BCUT2D eigenvalue weighted by Gasteiger charge is 2.18. The number of ether oxygens (including phenoxy) is 2. The van der Waals surface area contributed by atoms with Crippen molar-refractivity contribution in [2.75, 3.05) is 27.3 Å². The Morgan fingerprint density at radius 3 is 2.24 bits per heavy atom. The molecule has 0 spiro atoms. The van der Waals surface area contributed by atoms with Crippen LogP contribution in [0.25, 0.3) is 0 Å². The van der Waals surface area contributed by atoms with Crippen molar-refractivity contribution in [1.29, 1.82) is 0 Å². The summed E-state index contributed by atoms with van der Waals surface area (Å²) in [4.78, 5) is 25.8. The van der Waals surface area contributed by atoms with E-state index in [9.17, 15) is 9.59 Å². The molecule has 0 bridgehead atoms. The molecule has 0 saturated carbocycles. The molecule has 1 atom stereocenters. The van der Waals surface area contributed by atoms with Crippen LogP contribution in [0.2, 0.25) is 0 Å². The van der Waals surface area contributed by atoms with E-state index in [1.807, 2.05) is 57.2 Å². The Morgan fingerprint density at radius 1 is 0.966 bits per heavy atom. The summed E-state index contributed by atoms with van der Waals surface area (Å²) in [7, 11) is 3.37. The summed E-state index contributed by atoms with van der Waals surface area (Å²) in [6.45, 7) is 5.78. The van der Waals surface area contributed by atoms with Gasteiger partial charge in [0.15, 0.2) is 13.2 Å². The third-order valence-electron chi connectivity index (χ3n) is 4.64. The number of hydrogen-bond acceptors (Lipinski definition) is 4. The molecule has 0 aromatic heterocycles. The van der Waals surface area contributed by atoms with Gasteiger partial charge >= 0.3 is 0 Å². The first kappa shape index (κ1) is 22.3. The summed E-state index contributed by atoms with van der Waals surface area (Å²) in [5.41, 5.74) is 2.82. The maximum atomic E-state index is 12.5. The van der Waals surface area contributed by atoms with Crippen LogP contribution in [0.4, 0.5) is 0 Å². The van der Waals surface area contributed by atoms with Crippen molar-refractivity contribution in [1.82, 2.24) is 10.2 Å². The normalized spacial score (nSPS) is 11.5. The molecule has 0 fully saturated rings. The summed E-state index contributed by atoms with van der Waals surface area (Å²) in [5.74, 6) is 0.990. The Hall–Kier alpha value is -3.02. The molecule has 2 aromatic carbocycles. The summed E-state index contributed by atoms with van der Waals surface area (Å²) in [5, 5.41) is 3.00. The zero-order valence-electron chi connectivity index (χ0n) is 17.8. The van der Waals surface area contributed by atoms with Gasteiger partial charge in [0.2, 0.25) is 0 Å². The molecule has 1 N–H and O–H groups in total. The highest BCUT2D eigenvalue weighted by Crippen LogP contribution is 2.27. The fourth-order valence-electron chi connectivity index (χ4n) is 2.97. The first-order valence-electron chi connectivity index (χ1n) is 9.73. The van der Waals surface area contributed by atoms with Crippen LogP contribution in [-0.4, -0.2) is 44.0 Å². The van der Waals surface area contributed by atoms with Crippen LogP contribution < -0.4 is 14.8 Å². The molecular formula is C23H30N2O4. The lowest BCUT2D eigenvalue weighted by atomic mass is 10.0.